The normalized spacial score (nSPS) is 29.0. The fraction of sp³-hybridized carbons (Fsp3) is 0.400. The second-order valence-corrected chi connectivity index (χ2v) is 3.21. The van der Waals surface area contributed by atoms with Crippen molar-refractivity contribution in [2.24, 2.45) is 0 Å². The lowest BCUT2D eigenvalue weighted by molar-refractivity contribution is 0.542. The van der Waals surface area contributed by atoms with E-state index in [0.29, 0.717) is 0 Å². The average molecular weight is 132 g/mol. The van der Waals surface area contributed by atoms with E-state index >= 15 is 0 Å². The summed E-state index contributed by atoms with van der Waals surface area (Å²) in [5.74, 6) is 1.58. The number of rotatable bonds is 0. The Balaban J connectivity index is 2.50. The van der Waals surface area contributed by atoms with Crippen molar-refractivity contribution >= 4 is 0 Å². The van der Waals surface area contributed by atoms with E-state index < -0.39 is 0 Å². The molecule has 1 aliphatic carbocycles. The third-order valence-corrected chi connectivity index (χ3v) is 2.73. The molecule has 52 valence electrons. The van der Waals surface area contributed by atoms with Crippen LogP contribution in [0.5, 0.6) is 0 Å². The SMILES string of the molecule is C[C@@H]1c2ccccc2[C@H]1C. The van der Waals surface area contributed by atoms with Crippen LogP contribution in [0.15, 0.2) is 24.3 Å². The van der Waals surface area contributed by atoms with Gasteiger partial charge in [-0.1, -0.05) is 38.1 Å². The van der Waals surface area contributed by atoms with Gasteiger partial charge in [-0.25, -0.2) is 0 Å². The fourth-order valence-corrected chi connectivity index (χ4v) is 1.78. The molecule has 1 aromatic carbocycles. The fourth-order valence-electron chi connectivity index (χ4n) is 1.78. The van der Waals surface area contributed by atoms with Gasteiger partial charge in [0.1, 0.15) is 0 Å². The van der Waals surface area contributed by atoms with Crippen LogP contribution >= 0.6 is 0 Å². The Morgan fingerprint density at radius 1 is 0.900 bits per heavy atom. The maximum Gasteiger partial charge on any atom is -0.0121 e. The Morgan fingerprint density at radius 2 is 1.30 bits per heavy atom. The van der Waals surface area contributed by atoms with Crippen molar-refractivity contribution in [2.75, 3.05) is 0 Å². The first-order chi connectivity index (χ1) is 4.80. The Hall–Kier alpha value is -0.780. The van der Waals surface area contributed by atoms with Crippen molar-refractivity contribution < 1.29 is 0 Å². The van der Waals surface area contributed by atoms with E-state index in [1.165, 1.54) is 0 Å². The molecule has 0 amide bonds. The van der Waals surface area contributed by atoms with Gasteiger partial charge in [-0.2, -0.15) is 0 Å². The third kappa shape index (κ3) is 0.566. The minimum Gasteiger partial charge on any atom is -0.0620 e. The molecule has 1 aliphatic rings. The summed E-state index contributed by atoms with van der Waals surface area (Å²) in [4.78, 5) is 0. The second kappa shape index (κ2) is 1.85. The first-order valence-electron chi connectivity index (χ1n) is 3.89. The van der Waals surface area contributed by atoms with Gasteiger partial charge in [0.15, 0.2) is 0 Å². The van der Waals surface area contributed by atoms with Gasteiger partial charge in [0.25, 0.3) is 0 Å². The van der Waals surface area contributed by atoms with E-state index in [1.807, 2.05) is 0 Å². The zero-order valence-electron chi connectivity index (χ0n) is 6.46. The quantitative estimate of drug-likeness (QED) is 0.509. The first kappa shape index (κ1) is 5.96. The molecule has 0 nitrogen and oxygen atoms in total. The standard InChI is InChI=1S/C10H12/c1-7-8(2)10-6-4-3-5-9(7)10/h3-8H,1-2H3/t7-,8-/m0/s1. The van der Waals surface area contributed by atoms with Crippen LogP contribution < -0.4 is 0 Å². The number of hydrogen-bond donors (Lipinski definition) is 0. The van der Waals surface area contributed by atoms with Crippen molar-refractivity contribution in [3.8, 4) is 0 Å². The molecular weight excluding hydrogens is 120 g/mol. The summed E-state index contributed by atoms with van der Waals surface area (Å²) >= 11 is 0. The molecule has 0 N–H and O–H groups in total. The molecule has 0 fully saturated rings. The summed E-state index contributed by atoms with van der Waals surface area (Å²) in [5, 5.41) is 0. The molecule has 0 saturated heterocycles. The van der Waals surface area contributed by atoms with E-state index in [2.05, 4.69) is 38.1 Å². The molecule has 10 heavy (non-hydrogen) atoms. The molecule has 0 heterocycles. The van der Waals surface area contributed by atoms with Crippen LogP contribution in [-0.4, -0.2) is 0 Å². The van der Waals surface area contributed by atoms with Gasteiger partial charge in [0, 0.05) is 0 Å². The number of hydrogen-bond acceptors (Lipinski definition) is 0. The molecule has 2 rings (SSSR count). The van der Waals surface area contributed by atoms with Crippen molar-refractivity contribution in [3.05, 3.63) is 35.4 Å². The predicted octanol–water partition coefficient (Wildman–Crippen LogP) is 2.91. The maximum atomic E-state index is 2.30. The van der Waals surface area contributed by atoms with Crippen LogP contribution in [0, 0.1) is 0 Å². The van der Waals surface area contributed by atoms with Crippen molar-refractivity contribution in [3.63, 3.8) is 0 Å². The molecule has 0 spiro atoms. The summed E-state index contributed by atoms with van der Waals surface area (Å²) in [6.45, 7) is 4.60. The van der Waals surface area contributed by atoms with E-state index in [9.17, 15) is 0 Å². The van der Waals surface area contributed by atoms with Gasteiger partial charge in [-0.3, -0.25) is 0 Å². The smallest absolute Gasteiger partial charge is 0.0121 e. The Bertz CT molecular complexity index is 223. The van der Waals surface area contributed by atoms with E-state index in [-0.39, 0.29) is 0 Å². The van der Waals surface area contributed by atoms with E-state index in [1.54, 1.807) is 11.1 Å². The molecular formula is C10H12. The molecule has 0 aromatic heterocycles. The van der Waals surface area contributed by atoms with Gasteiger partial charge in [0.2, 0.25) is 0 Å². The molecule has 0 bridgehead atoms. The summed E-state index contributed by atoms with van der Waals surface area (Å²) < 4.78 is 0. The Morgan fingerprint density at radius 3 is 1.70 bits per heavy atom. The highest BCUT2D eigenvalue weighted by molar-refractivity contribution is 5.43. The van der Waals surface area contributed by atoms with Gasteiger partial charge in [-0.15, -0.1) is 0 Å². The molecule has 1 aromatic rings. The third-order valence-electron chi connectivity index (χ3n) is 2.73. The summed E-state index contributed by atoms with van der Waals surface area (Å²) in [6.07, 6.45) is 0. The van der Waals surface area contributed by atoms with Crippen LogP contribution in [0.1, 0.15) is 36.8 Å². The van der Waals surface area contributed by atoms with Crippen LogP contribution in [0.3, 0.4) is 0 Å². The highest BCUT2D eigenvalue weighted by Gasteiger charge is 2.29. The van der Waals surface area contributed by atoms with Crippen LogP contribution in [0.25, 0.3) is 0 Å². The summed E-state index contributed by atoms with van der Waals surface area (Å²) in [5.41, 5.74) is 3.10. The number of fused-ring (bicyclic) bond motifs is 1. The molecule has 0 saturated carbocycles. The molecule has 0 aliphatic heterocycles. The Labute approximate surface area is 61.9 Å². The lowest BCUT2D eigenvalue weighted by atomic mass is 9.70. The van der Waals surface area contributed by atoms with Crippen molar-refractivity contribution in [2.45, 2.75) is 25.7 Å². The molecule has 0 heteroatoms. The van der Waals surface area contributed by atoms with Crippen molar-refractivity contribution in [1.82, 2.24) is 0 Å². The second-order valence-electron chi connectivity index (χ2n) is 3.21. The number of benzene rings is 1. The monoisotopic (exact) mass is 132 g/mol. The summed E-state index contributed by atoms with van der Waals surface area (Å²) in [7, 11) is 0. The highest BCUT2D eigenvalue weighted by atomic mass is 14.3. The Kier molecular flexibility index (Phi) is 1.10. The van der Waals surface area contributed by atoms with Crippen LogP contribution in [0.4, 0.5) is 0 Å². The molecule has 0 radical (unpaired) electrons. The first-order valence-corrected chi connectivity index (χ1v) is 3.89. The zero-order chi connectivity index (χ0) is 7.14. The minimum absolute atomic E-state index is 0.788. The average Bonchev–Trinajstić information content (AvgIpc) is 2.03. The minimum atomic E-state index is 0.788. The lowest BCUT2D eigenvalue weighted by Crippen LogP contribution is -2.18. The van der Waals surface area contributed by atoms with E-state index in [4.69, 9.17) is 0 Å². The van der Waals surface area contributed by atoms with Gasteiger partial charge in [-0.05, 0) is 23.0 Å². The van der Waals surface area contributed by atoms with Crippen molar-refractivity contribution in [1.29, 1.82) is 0 Å². The topological polar surface area (TPSA) is 0 Å². The van der Waals surface area contributed by atoms with Gasteiger partial charge < -0.3 is 0 Å². The van der Waals surface area contributed by atoms with Crippen LogP contribution in [-0.2, 0) is 0 Å². The largest absolute Gasteiger partial charge is 0.0620 e. The molecule has 2 atom stereocenters. The zero-order valence-corrected chi connectivity index (χ0v) is 6.46. The highest BCUT2D eigenvalue weighted by Crippen LogP contribution is 2.45. The van der Waals surface area contributed by atoms with E-state index in [0.717, 1.165) is 11.8 Å². The van der Waals surface area contributed by atoms with Gasteiger partial charge in [0.05, 0.1) is 0 Å². The maximum absolute atomic E-state index is 2.30. The van der Waals surface area contributed by atoms with Gasteiger partial charge >= 0.3 is 0 Å². The molecule has 0 unspecified atom stereocenters. The van der Waals surface area contributed by atoms with Crippen LogP contribution in [0.2, 0.25) is 0 Å². The lowest BCUT2D eigenvalue weighted by Gasteiger charge is -2.34. The predicted molar refractivity (Wildman–Crippen MR) is 43.3 cm³/mol. The summed E-state index contributed by atoms with van der Waals surface area (Å²) in [6, 6.07) is 8.72.